The fourth-order valence-corrected chi connectivity index (χ4v) is 6.13. The highest BCUT2D eigenvalue weighted by Gasteiger charge is 2.37. The molecule has 0 spiro atoms. The van der Waals surface area contributed by atoms with Crippen LogP contribution in [-0.2, 0) is 19.7 Å². The van der Waals surface area contributed by atoms with Gasteiger partial charge in [-0.3, -0.25) is 4.79 Å². The van der Waals surface area contributed by atoms with Gasteiger partial charge in [0.2, 0.25) is 5.91 Å². The molecule has 156 valence electrons. The van der Waals surface area contributed by atoms with Gasteiger partial charge >= 0.3 is 5.97 Å². The fraction of sp³-hybridized carbons (Fsp3) is 0.667. The average molecular weight is 430 g/mol. The van der Waals surface area contributed by atoms with Crippen molar-refractivity contribution in [1.82, 2.24) is 8.61 Å². The molecule has 0 aromatic carbocycles. The minimum atomic E-state index is -3.55. The first-order valence-electron chi connectivity index (χ1n) is 9.54. The Hall–Kier alpha value is -1.49. The Morgan fingerprint density at radius 3 is 2.57 bits per heavy atom. The lowest BCUT2D eigenvalue weighted by Gasteiger charge is -2.37. The number of hydrogen-bond donors (Lipinski definition) is 1. The van der Waals surface area contributed by atoms with Gasteiger partial charge in [0.05, 0.1) is 18.7 Å². The summed E-state index contributed by atoms with van der Waals surface area (Å²) in [5.74, 6) is -0.674. The van der Waals surface area contributed by atoms with Crippen molar-refractivity contribution in [2.75, 3.05) is 38.6 Å². The Labute approximate surface area is 170 Å². The van der Waals surface area contributed by atoms with E-state index < -0.39 is 22.1 Å². The molecule has 1 aromatic heterocycles. The minimum Gasteiger partial charge on any atom is -0.465 e. The number of carbonyl (C=O) groups excluding carboxylic acids is 2. The van der Waals surface area contributed by atoms with Crippen molar-refractivity contribution < 1.29 is 22.7 Å². The summed E-state index contributed by atoms with van der Waals surface area (Å²) in [4.78, 5) is 24.8. The van der Waals surface area contributed by atoms with Gasteiger partial charge in [-0.25, -0.2) is 4.79 Å². The number of anilines is 1. The molecule has 0 bridgehead atoms. The Kier molecular flexibility index (Phi) is 6.74. The first-order valence-corrected chi connectivity index (χ1v) is 11.8. The summed E-state index contributed by atoms with van der Waals surface area (Å²) in [6.07, 6.45) is 2.98. The molecule has 3 rings (SSSR count). The highest BCUT2D eigenvalue weighted by atomic mass is 32.2. The van der Waals surface area contributed by atoms with Crippen LogP contribution in [0.5, 0.6) is 0 Å². The predicted octanol–water partition coefficient (Wildman–Crippen LogP) is 2.16. The molecule has 8 nitrogen and oxygen atoms in total. The minimum absolute atomic E-state index is 0.165. The maximum Gasteiger partial charge on any atom is 0.350 e. The van der Waals surface area contributed by atoms with Crippen LogP contribution in [0, 0.1) is 11.8 Å². The monoisotopic (exact) mass is 429 g/mol. The lowest BCUT2D eigenvalue weighted by atomic mass is 9.99. The van der Waals surface area contributed by atoms with Gasteiger partial charge < -0.3 is 10.1 Å². The molecule has 1 atom stereocenters. The lowest BCUT2D eigenvalue weighted by molar-refractivity contribution is -0.120. The number of esters is 1. The number of ether oxygens (including phenoxy) is 1. The van der Waals surface area contributed by atoms with E-state index in [0.29, 0.717) is 49.0 Å². The molecule has 2 saturated heterocycles. The van der Waals surface area contributed by atoms with E-state index in [1.165, 1.54) is 22.8 Å². The van der Waals surface area contributed by atoms with E-state index in [-0.39, 0.29) is 12.5 Å². The third-order valence-corrected chi connectivity index (χ3v) is 8.34. The van der Waals surface area contributed by atoms with Gasteiger partial charge in [0.1, 0.15) is 4.88 Å². The van der Waals surface area contributed by atoms with Crippen LogP contribution >= 0.6 is 11.3 Å². The summed E-state index contributed by atoms with van der Waals surface area (Å²) in [7, 11) is -2.26. The molecular weight excluding hydrogens is 402 g/mol. The molecule has 1 N–H and O–H groups in total. The van der Waals surface area contributed by atoms with Crippen LogP contribution < -0.4 is 5.32 Å². The molecule has 3 heterocycles. The molecule has 28 heavy (non-hydrogen) atoms. The predicted molar refractivity (Wildman–Crippen MR) is 107 cm³/mol. The summed E-state index contributed by atoms with van der Waals surface area (Å²) in [5.41, 5.74) is 0.409. The van der Waals surface area contributed by atoms with Crippen molar-refractivity contribution in [2.24, 2.45) is 11.8 Å². The quantitative estimate of drug-likeness (QED) is 0.724. The summed E-state index contributed by atoms with van der Waals surface area (Å²) in [6.45, 7) is 3.81. The highest BCUT2D eigenvalue weighted by molar-refractivity contribution is 7.86. The van der Waals surface area contributed by atoms with E-state index in [4.69, 9.17) is 4.74 Å². The first-order chi connectivity index (χ1) is 13.3. The molecule has 2 aliphatic heterocycles. The fourth-order valence-electron chi connectivity index (χ4n) is 3.64. The van der Waals surface area contributed by atoms with Crippen LogP contribution in [-0.4, -0.2) is 62.2 Å². The number of hydrogen-bond acceptors (Lipinski definition) is 6. The van der Waals surface area contributed by atoms with Crippen LogP contribution in [0.3, 0.4) is 0 Å². The zero-order valence-electron chi connectivity index (χ0n) is 16.2. The average Bonchev–Trinajstić information content (AvgIpc) is 3.16. The summed E-state index contributed by atoms with van der Waals surface area (Å²) < 4.78 is 33.7. The number of methoxy groups -OCH3 is 1. The normalized spacial score (nSPS) is 22.7. The van der Waals surface area contributed by atoms with Crippen molar-refractivity contribution in [3.05, 3.63) is 16.3 Å². The third kappa shape index (κ3) is 4.56. The van der Waals surface area contributed by atoms with Crippen molar-refractivity contribution >= 4 is 39.1 Å². The van der Waals surface area contributed by atoms with E-state index in [9.17, 15) is 18.0 Å². The molecule has 0 aliphatic carbocycles. The number of carbonyl (C=O) groups is 2. The van der Waals surface area contributed by atoms with Crippen molar-refractivity contribution in [3.8, 4) is 0 Å². The van der Waals surface area contributed by atoms with Crippen LogP contribution in [0.15, 0.2) is 11.4 Å². The van der Waals surface area contributed by atoms with Gasteiger partial charge in [0, 0.05) is 26.2 Å². The number of piperidine rings is 2. The van der Waals surface area contributed by atoms with Gasteiger partial charge in [-0.05, 0) is 43.0 Å². The molecular formula is C18H27N3O5S2. The molecule has 0 radical (unpaired) electrons. The van der Waals surface area contributed by atoms with Crippen molar-refractivity contribution in [2.45, 2.75) is 32.6 Å². The maximum absolute atomic E-state index is 13.0. The zero-order chi connectivity index (χ0) is 20.3. The van der Waals surface area contributed by atoms with E-state index in [1.54, 1.807) is 15.8 Å². The van der Waals surface area contributed by atoms with E-state index in [1.807, 2.05) is 0 Å². The second-order valence-corrected chi connectivity index (χ2v) is 10.3. The smallest absolute Gasteiger partial charge is 0.350 e. The molecule has 2 aliphatic rings. The van der Waals surface area contributed by atoms with Gasteiger partial charge in [0.15, 0.2) is 0 Å². The van der Waals surface area contributed by atoms with Crippen LogP contribution in [0.25, 0.3) is 0 Å². The Bertz CT molecular complexity index is 815. The zero-order valence-corrected chi connectivity index (χ0v) is 17.9. The SMILES string of the molecule is COC(=O)c1sccc1NC(=O)C1CCCN(S(=O)(=O)N2CCC(C)CC2)C1. The topological polar surface area (TPSA) is 96.0 Å². The van der Waals surface area contributed by atoms with Crippen LogP contribution in [0.1, 0.15) is 42.3 Å². The maximum atomic E-state index is 13.0. The van der Waals surface area contributed by atoms with Crippen molar-refractivity contribution in [1.29, 1.82) is 0 Å². The van der Waals surface area contributed by atoms with E-state index in [0.717, 1.165) is 12.8 Å². The van der Waals surface area contributed by atoms with Crippen LogP contribution in [0.4, 0.5) is 5.69 Å². The molecule has 1 unspecified atom stereocenters. The highest BCUT2D eigenvalue weighted by Crippen LogP contribution is 2.28. The molecule has 1 amide bonds. The molecule has 0 saturated carbocycles. The number of amides is 1. The Morgan fingerprint density at radius 1 is 1.18 bits per heavy atom. The van der Waals surface area contributed by atoms with Gasteiger partial charge in [0.25, 0.3) is 10.2 Å². The number of nitrogens with zero attached hydrogens (tertiary/aromatic N) is 2. The van der Waals surface area contributed by atoms with Gasteiger partial charge in [-0.2, -0.15) is 17.0 Å². The third-order valence-electron chi connectivity index (χ3n) is 5.44. The Balaban J connectivity index is 1.65. The molecule has 1 aromatic rings. The standard InChI is InChI=1S/C18H27N3O5S2/c1-13-5-9-20(10-6-13)28(24,25)21-8-3-4-14(12-21)17(22)19-15-7-11-27-16(15)18(23)26-2/h7,11,13-14H,3-6,8-10,12H2,1-2H3,(H,19,22). The number of thiophene rings is 1. The van der Waals surface area contributed by atoms with E-state index >= 15 is 0 Å². The summed E-state index contributed by atoms with van der Waals surface area (Å²) in [6, 6.07) is 1.65. The second-order valence-electron chi connectivity index (χ2n) is 7.43. The number of nitrogens with one attached hydrogen (secondary N) is 1. The lowest BCUT2D eigenvalue weighted by Crippen LogP contribution is -2.51. The van der Waals surface area contributed by atoms with Crippen molar-refractivity contribution in [3.63, 3.8) is 0 Å². The first kappa shape index (κ1) is 21.2. The number of rotatable bonds is 5. The second kappa shape index (κ2) is 8.89. The van der Waals surface area contributed by atoms with Crippen LogP contribution in [0.2, 0.25) is 0 Å². The Morgan fingerprint density at radius 2 is 1.89 bits per heavy atom. The molecule has 2 fully saturated rings. The molecule has 10 heteroatoms. The largest absolute Gasteiger partial charge is 0.465 e. The van der Waals surface area contributed by atoms with Gasteiger partial charge in [-0.1, -0.05) is 6.92 Å². The summed E-state index contributed by atoms with van der Waals surface area (Å²) >= 11 is 1.19. The van der Waals surface area contributed by atoms with Gasteiger partial charge in [-0.15, -0.1) is 11.3 Å². The summed E-state index contributed by atoms with van der Waals surface area (Å²) in [5, 5.41) is 4.47. The van der Waals surface area contributed by atoms with E-state index in [2.05, 4.69) is 12.2 Å².